The van der Waals surface area contributed by atoms with Crippen LogP contribution in [0, 0.1) is 12.7 Å². The van der Waals surface area contributed by atoms with E-state index in [1.165, 1.54) is 6.07 Å². The molecule has 0 atom stereocenters. The number of rotatable bonds is 8. The van der Waals surface area contributed by atoms with Gasteiger partial charge in [0.1, 0.15) is 11.6 Å². The average molecular weight is 385 g/mol. The lowest BCUT2D eigenvalue weighted by Crippen LogP contribution is -2.47. The van der Waals surface area contributed by atoms with Gasteiger partial charge in [-0.1, -0.05) is 30.3 Å². The molecule has 2 aromatic carbocycles. The summed E-state index contributed by atoms with van der Waals surface area (Å²) in [5, 5.41) is 2.90. The fourth-order valence-corrected chi connectivity index (χ4v) is 3.36. The van der Waals surface area contributed by atoms with Crippen LogP contribution in [0.5, 0.6) is 5.75 Å². The molecule has 150 valence electrons. The minimum Gasteiger partial charge on any atom is -0.484 e. The van der Waals surface area contributed by atoms with Crippen LogP contribution in [0.15, 0.2) is 48.5 Å². The third-order valence-electron chi connectivity index (χ3n) is 4.99. The van der Waals surface area contributed by atoms with Gasteiger partial charge in [-0.3, -0.25) is 9.69 Å². The van der Waals surface area contributed by atoms with E-state index in [4.69, 9.17) is 4.74 Å². The molecular weight excluding hydrogens is 357 g/mol. The third kappa shape index (κ3) is 5.70. The number of piperazine rings is 1. The molecule has 6 heteroatoms. The summed E-state index contributed by atoms with van der Waals surface area (Å²) in [6, 6.07) is 14.6. The van der Waals surface area contributed by atoms with E-state index in [0.717, 1.165) is 50.5 Å². The van der Waals surface area contributed by atoms with Gasteiger partial charge >= 0.3 is 0 Å². The molecule has 1 N–H and O–H groups in total. The standard InChI is InChI=1S/C22H28FN3O2/c1-18-7-2-5-10-21(18)28-17-22(27)24-11-6-12-25-13-15-26(16-14-25)20-9-4-3-8-19(20)23/h2-5,7-10H,6,11-17H2,1H3,(H,24,27). The lowest BCUT2D eigenvalue weighted by molar-refractivity contribution is -0.123. The minimum absolute atomic E-state index is 0.0339. The number of hydrogen-bond donors (Lipinski definition) is 1. The number of anilines is 1. The molecule has 0 spiro atoms. The van der Waals surface area contributed by atoms with Gasteiger partial charge in [0.2, 0.25) is 0 Å². The Morgan fingerprint density at radius 3 is 2.54 bits per heavy atom. The summed E-state index contributed by atoms with van der Waals surface area (Å²) in [7, 11) is 0. The normalized spacial score (nSPS) is 14.7. The Morgan fingerprint density at radius 1 is 1.07 bits per heavy atom. The van der Waals surface area contributed by atoms with Gasteiger partial charge in [0.15, 0.2) is 6.61 Å². The van der Waals surface area contributed by atoms with E-state index >= 15 is 0 Å². The van der Waals surface area contributed by atoms with Crippen LogP contribution in [-0.2, 0) is 4.79 Å². The van der Waals surface area contributed by atoms with E-state index in [-0.39, 0.29) is 18.3 Å². The number of para-hydroxylation sites is 2. The average Bonchev–Trinajstić information content (AvgIpc) is 2.71. The summed E-state index contributed by atoms with van der Waals surface area (Å²) in [4.78, 5) is 16.4. The van der Waals surface area contributed by atoms with Crippen molar-refractivity contribution in [1.82, 2.24) is 10.2 Å². The lowest BCUT2D eigenvalue weighted by Gasteiger charge is -2.36. The second kappa shape index (κ2) is 10.1. The number of amides is 1. The highest BCUT2D eigenvalue weighted by Gasteiger charge is 2.18. The van der Waals surface area contributed by atoms with Crippen molar-refractivity contribution < 1.29 is 13.9 Å². The van der Waals surface area contributed by atoms with Crippen LogP contribution in [-0.4, -0.2) is 56.7 Å². The first-order valence-corrected chi connectivity index (χ1v) is 9.80. The molecule has 0 radical (unpaired) electrons. The maximum atomic E-state index is 13.9. The minimum atomic E-state index is -0.161. The van der Waals surface area contributed by atoms with Gasteiger partial charge in [0.25, 0.3) is 5.91 Å². The monoisotopic (exact) mass is 385 g/mol. The molecule has 28 heavy (non-hydrogen) atoms. The van der Waals surface area contributed by atoms with Gasteiger partial charge in [-0.15, -0.1) is 0 Å². The van der Waals surface area contributed by atoms with Crippen LogP contribution < -0.4 is 15.0 Å². The van der Waals surface area contributed by atoms with E-state index in [1.807, 2.05) is 43.3 Å². The zero-order chi connectivity index (χ0) is 19.8. The molecule has 1 aliphatic rings. The van der Waals surface area contributed by atoms with Gasteiger partial charge in [-0.05, 0) is 43.7 Å². The molecule has 1 saturated heterocycles. The first-order valence-electron chi connectivity index (χ1n) is 9.80. The van der Waals surface area contributed by atoms with Gasteiger partial charge < -0.3 is 15.0 Å². The van der Waals surface area contributed by atoms with Crippen molar-refractivity contribution in [2.75, 3.05) is 50.8 Å². The first kappa shape index (κ1) is 20.1. The number of carbonyl (C=O) groups is 1. The molecule has 0 unspecified atom stereocenters. The fraction of sp³-hybridized carbons (Fsp3) is 0.409. The molecule has 1 amide bonds. The Bertz CT molecular complexity index is 776. The van der Waals surface area contributed by atoms with Crippen molar-refractivity contribution in [2.45, 2.75) is 13.3 Å². The van der Waals surface area contributed by atoms with Crippen molar-refractivity contribution in [3.05, 3.63) is 59.9 Å². The molecule has 2 aromatic rings. The Morgan fingerprint density at radius 2 is 1.79 bits per heavy atom. The molecule has 0 aromatic heterocycles. The van der Waals surface area contributed by atoms with Crippen molar-refractivity contribution >= 4 is 11.6 Å². The lowest BCUT2D eigenvalue weighted by atomic mass is 10.2. The molecule has 1 heterocycles. The number of hydrogen-bond acceptors (Lipinski definition) is 4. The summed E-state index contributed by atoms with van der Waals surface area (Å²) in [5.41, 5.74) is 1.70. The van der Waals surface area contributed by atoms with Crippen molar-refractivity contribution in [2.24, 2.45) is 0 Å². The van der Waals surface area contributed by atoms with Crippen LogP contribution in [0.1, 0.15) is 12.0 Å². The molecule has 0 bridgehead atoms. The van der Waals surface area contributed by atoms with Crippen LogP contribution >= 0.6 is 0 Å². The summed E-state index contributed by atoms with van der Waals surface area (Å²) in [6.45, 7) is 6.98. The SMILES string of the molecule is Cc1ccccc1OCC(=O)NCCCN1CCN(c2ccccc2F)CC1. The number of carbonyl (C=O) groups excluding carboxylic acids is 1. The quantitative estimate of drug-likeness (QED) is 0.710. The maximum absolute atomic E-state index is 13.9. The molecule has 0 aliphatic carbocycles. The summed E-state index contributed by atoms with van der Waals surface area (Å²) in [5.74, 6) is 0.476. The first-order chi connectivity index (χ1) is 13.6. The molecule has 3 rings (SSSR count). The Hall–Kier alpha value is -2.60. The molecular formula is C22H28FN3O2. The second-order valence-corrected chi connectivity index (χ2v) is 7.04. The predicted octanol–water partition coefficient (Wildman–Crippen LogP) is 2.84. The smallest absolute Gasteiger partial charge is 0.257 e. The Labute approximate surface area is 166 Å². The van der Waals surface area contributed by atoms with Gasteiger partial charge in [-0.2, -0.15) is 0 Å². The van der Waals surface area contributed by atoms with Gasteiger partial charge in [0.05, 0.1) is 5.69 Å². The number of nitrogens with zero attached hydrogens (tertiary/aromatic N) is 2. The number of aryl methyl sites for hydroxylation is 1. The zero-order valence-electron chi connectivity index (χ0n) is 16.4. The molecule has 1 aliphatic heterocycles. The largest absolute Gasteiger partial charge is 0.484 e. The highest BCUT2D eigenvalue weighted by atomic mass is 19.1. The number of ether oxygens (including phenoxy) is 1. The van der Waals surface area contributed by atoms with Crippen LogP contribution in [0.4, 0.5) is 10.1 Å². The van der Waals surface area contributed by atoms with E-state index in [0.29, 0.717) is 12.2 Å². The number of nitrogens with one attached hydrogen (secondary N) is 1. The van der Waals surface area contributed by atoms with Crippen LogP contribution in [0.25, 0.3) is 0 Å². The molecule has 5 nitrogen and oxygen atoms in total. The van der Waals surface area contributed by atoms with E-state index in [1.54, 1.807) is 6.07 Å². The summed E-state index contributed by atoms with van der Waals surface area (Å²) >= 11 is 0. The van der Waals surface area contributed by atoms with Crippen LogP contribution in [0.3, 0.4) is 0 Å². The topological polar surface area (TPSA) is 44.8 Å². The van der Waals surface area contributed by atoms with Crippen molar-refractivity contribution in [1.29, 1.82) is 0 Å². The van der Waals surface area contributed by atoms with E-state index in [9.17, 15) is 9.18 Å². The highest BCUT2D eigenvalue weighted by molar-refractivity contribution is 5.77. The van der Waals surface area contributed by atoms with Gasteiger partial charge in [-0.25, -0.2) is 4.39 Å². The van der Waals surface area contributed by atoms with E-state index in [2.05, 4.69) is 15.1 Å². The summed E-state index contributed by atoms with van der Waals surface area (Å²) in [6.07, 6.45) is 0.885. The molecule has 1 fully saturated rings. The fourth-order valence-electron chi connectivity index (χ4n) is 3.36. The third-order valence-corrected chi connectivity index (χ3v) is 4.99. The molecule has 0 saturated carbocycles. The second-order valence-electron chi connectivity index (χ2n) is 7.04. The maximum Gasteiger partial charge on any atom is 0.257 e. The van der Waals surface area contributed by atoms with E-state index < -0.39 is 0 Å². The Kier molecular flexibility index (Phi) is 7.25. The van der Waals surface area contributed by atoms with Crippen LogP contribution in [0.2, 0.25) is 0 Å². The zero-order valence-corrected chi connectivity index (χ0v) is 16.4. The van der Waals surface area contributed by atoms with Crippen molar-refractivity contribution in [3.8, 4) is 5.75 Å². The highest BCUT2D eigenvalue weighted by Crippen LogP contribution is 2.20. The Balaban J connectivity index is 1.29. The predicted molar refractivity (Wildman–Crippen MR) is 109 cm³/mol. The van der Waals surface area contributed by atoms with Crippen molar-refractivity contribution in [3.63, 3.8) is 0 Å². The number of benzene rings is 2. The van der Waals surface area contributed by atoms with Gasteiger partial charge in [0, 0.05) is 32.7 Å². The summed E-state index contributed by atoms with van der Waals surface area (Å²) < 4.78 is 19.4. The number of halogens is 1.